The molecule has 0 aliphatic carbocycles. The standard InChI is InChI=1S/C31H33N3O4/c1-23-6-4-7-25(20-23)22-34-27-8-2-3-9-28(27)38-29(31(34)36)21-24-10-12-26(13-11-24)30(35)32-14-5-15-33-16-18-37-19-17-33/h2-4,6-13,20-21H,5,14-19,22H2,1H3,(H,32,35)/b29-21+. The number of nitrogens with one attached hydrogen (secondary N) is 1. The molecule has 7 nitrogen and oxygen atoms in total. The molecule has 1 fully saturated rings. The number of hydrogen-bond donors (Lipinski definition) is 1. The summed E-state index contributed by atoms with van der Waals surface area (Å²) >= 11 is 0. The van der Waals surface area contributed by atoms with Crippen LogP contribution in [0.2, 0.25) is 0 Å². The Morgan fingerprint density at radius 3 is 2.58 bits per heavy atom. The molecule has 0 unspecified atom stereocenters. The third-order valence-corrected chi connectivity index (χ3v) is 6.77. The quantitative estimate of drug-likeness (QED) is 0.358. The van der Waals surface area contributed by atoms with Crippen molar-refractivity contribution in [3.8, 4) is 5.75 Å². The van der Waals surface area contributed by atoms with E-state index in [2.05, 4.69) is 16.3 Å². The third-order valence-electron chi connectivity index (χ3n) is 6.77. The van der Waals surface area contributed by atoms with E-state index in [1.807, 2.05) is 61.5 Å². The summed E-state index contributed by atoms with van der Waals surface area (Å²) in [5.41, 5.74) is 4.31. The van der Waals surface area contributed by atoms with E-state index in [0.29, 0.717) is 24.4 Å². The maximum absolute atomic E-state index is 13.5. The number of carbonyl (C=O) groups is 2. The van der Waals surface area contributed by atoms with Gasteiger partial charge in [0.1, 0.15) is 0 Å². The Labute approximate surface area is 223 Å². The van der Waals surface area contributed by atoms with Gasteiger partial charge in [0.2, 0.25) is 0 Å². The number of fused-ring (bicyclic) bond motifs is 1. The average molecular weight is 512 g/mol. The Hall–Kier alpha value is -3.94. The predicted octanol–water partition coefficient (Wildman–Crippen LogP) is 4.41. The molecule has 196 valence electrons. The van der Waals surface area contributed by atoms with Crippen LogP contribution in [-0.2, 0) is 16.1 Å². The van der Waals surface area contributed by atoms with Crippen LogP contribution in [0.5, 0.6) is 5.75 Å². The van der Waals surface area contributed by atoms with Gasteiger partial charge >= 0.3 is 0 Å². The number of amides is 2. The number of rotatable bonds is 8. The summed E-state index contributed by atoms with van der Waals surface area (Å²) in [5.74, 6) is 0.581. The van der Waals surface area contributed by atoms with E-state index in [0.717, 1.165) is 61.6 Å². The normalized spacial score (nSPS) is 16.7. The number of benzene rings is 3. The van der Waals surface area contributed by atoms with Crippen LogP contribution < -0.4 is 15.0 Å². The highest BCUT2D eigenvalue weighted by Crippen LogP contribution is 2.36. The zero-order chi connectivity index (χ0) is 26.3. The minimum absolute atomic E-state index is 0.102. The number of ether oxygens (including phenoxy) is 2. The highest BCUT2D eigenvalue weighted by molar-refractivity contribution is 6.09. The van der Waals surface area contributed by atoms with Crippen LogP contribution in [-0.4, -0.2) is 56.1 Å². The van der Waals surface area contributed by atoms with Crippen LogP contribution in [0.3, 0.4) is 0 Å². The van der Waals surface area contributed by atoms with Crippen molar-refractivity contribution in [2.75, 3.05) is 44.3 Å². The van der Waals surface area contributed by atoms with Gasteiger partial charge in [-0.15, -0.1) is 0 Å². The monoisotopic (exact) mass is 511 g/mol. The number of anilines is 1. The minimum Gasteiger partial charge on any atom is -0.449 e. The maximum atomic E-state index is 13.5. The molecule has 0 spiro atoms. The van der Waals surface area contributed by atoms with Crippen LogP contribution in [0.25, 0.3) is 6.08 Å². The van der Waals surface area contributed by atoms with Gasteiger partial charge in [0.05, 0.1) is 25.4 Å². The van der Waals surface area contributed by atoms with Crippen molar-refractivity contribution < 1.29 is 19.1 Å². The Morgan fingerprint density at radius 1 is 1.00 bits per heavy atom. The second-order valence-corrected chi connectivity index (χ2v) is 9.64. The fourth-order valence-corrected chi connectivity index (χ4v) is 4.73. The Balaban J connectivity index is 1.24. The van der Waals surface area contributed by atoms with Gasteiger partial charge in [-0.1, -0.05) is 54.1 Å². The molecule has 2 heterocycles. The second-order valence-electron chi connectivity index (χ2n) is 9.64. The summed E-state index contributed by atoms with van der Waals surface area (Å²) in [6.45, 7) is 7.53. The van der Waals surface area contributed by atoms with Gasteiger partial charge in [-0.25, -0.2) is 0 Å². The molecule has 2 amide bonds. The molecule has 7 heteroatoms. The molecule has 0 bridgehead atoms. The first-order chi connectivity index (χ1) is 18.6. The lowest BCUT2D eigenvalue weighted by atomic mass is 10.1. The first-order valence-corrected chi connectivity index (χ1v) is 13.1. The second kappa shape index (κ2) is 12.1. The number of aryl methyl sites for hydroxylation is 1. The van der Waals surface area contributed by atoms with Gasteiger partial charge in [0.15, 0.2) is 11.5 Å². The molecule has 2 aliphatic heterocycles. The summed E-state index contributed by atoms with van der Waals surface area (Å²) in [5, 5.41) is 2.99. The first-order valence-electron chi connectivity index (χ1n) is 13.1. The summed E-state index contributed by atoms with van der Waals surface area (Å²) in [7, 11) is 0. The molecule has 1 N–H and O–H groups in total. The van der Waals surface area contributed by atoms with E-state index < -0.39 is 0 Å². The topological polar surface area (TPSA) is 71.1 Å². The number of nitrogens with zero attached hydrogens (tertiary/aromatic N) is 2. The number of hydrogen-bond acceptors (Lipinski definition) is 5. The number of morpholine rings is 1. The summed E-state index contributed by atoms with van der Waals surface area (Å²) < 4.78 is 11.4. The summed E-state index contributed by atoms with van der Waals surface area (Å²) in [6, 6.07) is 22.9. The van der Waals surface area contributed by atoms with E-state index in [1.165, 1.54) is 0 Å². The molecule has 0 atom stereocenters. The van der Waals surface area contributed by atoms with Crippen LogP contribution in [0.4, 0.5) is 5.69 Å². The lowest BCUT2D eigenvalue weighted by Crippen LogP contribution is -2.38. The van der Waals surface area contributed by atoms with Crippen molar-refractivity contribution in [2.24, 2.45) is 0 Å². The molecule has 0 saturated carbocycles. The molecular formula is C31H33N3O4. The number of para-hydroxylation sites is 2. The Bertz CT molecular complexity index is 1310. The number of carbonyl (C=O) groups excluding carboxylic acids is 2. The predicted molar refractivity (Wildman–Crippen MR) is 148 cm³/mol. The smallest absolute Gasteiger partial charge is 0.294 e. The fourth-order valence-electron chi connectivity index (χ4n) is 4.73. The van der Waals surface area contributed by atoms with Crippen LogP contribution in [0.15, 0.2) is 78.6 Å². The molecule has 3 aromatic rings. The highest BCUT2D eigenvalue weighted by atomic mass is 16.5. The zero-order valence-corrected chi connectivity index (χ0v) is 21.7. The van der Waals surface area contributed by atoms with Gasteiger partial charge < -0.3 is 14.8 Å². The van der Waals surface area contributed by atoms with Crippen molar-refractivity contribution in [3.05, 3.63) is 101 Å². The van der Waals surface area contributed by atoms with Crippen LogP contribution >= 0.6 is 0 Å². The van der Waals surface area contributed by atoms with E-state index in [4.69, 9.17) is 9.47 Å². The first kappa shape index (κ1) is 25.7. The molecule has 5 rings (SSSR count). The van der Waals surface area contributed by atoms with Crippen molar-refractivity contribution in [2.45, 2.75) is 19.9 Å². The van der Waals surface area contributed by atoms with Crippen molar-refractivity contribution in [3.63, 3.8) is 0 Å². The maximum Gasteiger partial charge on any atom is 0.294 e. The van der Waals surface area contributed by atoms with Crippen molar-refractivity contribution >= 4 is 23.6 Å². The molecule has 3 aromatic carbocycles. The van der Waals surface area contributed by atoms with Gasteiger partial charge in [-0.2, -0.15) is 0 Å². The minimum atomic E-state index is -0.202. The lowest BCUT2D eigenvalue weighted by molar-refractivity contribution is -0.117. The molecule has 0 aromatic heterocycles. The summed E-state index contributed by atoms with van der Waals surface area (Å²) in [6.07, 6.45) is 2.63. The largest absolute Gasteiger partial charge is 0.449 e. The molecular weight excluding hydrogens is 478 g/mol. The lowest BCUT2D eigenvalue weighted by Gasteiger charge is -2.30. The SMILES string of the molecule is Cc1cccc(CN2C(=O)/C(=C\c3ccc(C(=O)NCCCN4CCOCC4)cc3)Oc3ccccc32)c1. The third kappa shape index (κ3) is 6.30. The van der Waals surface area contributed by atoms with Gasteiger partial charge in [-0.3, -0.25) is 19.4 Å². The van der Waals surface area contributed by atoms with Crippen molar-refractivity contribution in [1.29, 1.82) is 0 Å². The van der Waals surface area contributed by atoms with Crippen LogP contribution in [0, 0.1) is 6.92 Å². The van der Waals surface area contributed by atoms with Crippen LogP contribution in [0.1, 0.15) is 33.5 Å². The van der Waals surface area contributed by atoms with Gasteiger partial charge in [-0.05, 0) is 61.4 Å². The van der Waals surface area contributed by atoms with E-state index in [1.54, 1.807) is 23.1 Å². The van der Waals surface area contributed by atoms with Gasteiger partial charge in [0.25, 0.3) is 11.8 Å². The molecule has 38 heavy (non-hydrogen) atoms. The Kier molecular flexibility index (Phi) is 8.16. The zero-order valence-electron chi connectivity index (χ0n) is 21.7. The average Bonchev–Trinajstić information content (AvgIpc) is 2.94. The van der Waals surface area contributed by atoms with E-state index >= 15 is 0 Å². The van der Waals surface area contributed by atoms with E-state index in [9.17, 15) is 9.59 Å². The molecule has 0 radical (unpaired) electrons. The molecule has 2 aliphatic rings. The highest BCUT2D eigenvalue weighted by Gasteiger charge is 2.30. The fraction of sp³-hybridized carbons (Fsp3) is 0.290. The Morgan fingerprint density at radius 2 is 1.79 bits per heavy atom. The summed E-state index contributed by atoms with van der Waals surface area (Å²) in [4.78, 5) is 30.2. The van der Waals surface area contributed by atoms with Gasteiger partial charge in [0, 0.05) is 25.2 Å². The van der Waals surface area contributed by atoms with E-state index in [-0.39, 0.29) is 17.6 Å². The molecule has 1 saturated heterocycles. The van der Waals surface area contributed by atoms with Crippen molar-refractivity contribution in [1.82, 2.24) is 10.2 Å².